The number of unbranched alkanes of at least 4 members (excludes halogenated alkanes) is 7. The lowest BCUT2D eigenvalue weighted by Gasteiger charge is -2.01. The summed E-state index contributed by atoms with van der Waals surface area (Å²) in [6.45, 7) is 0.865. The van der Waals surface area contributed by atoms with Gasteiger partial charge in [0, 0.05) is 11.4 Å². The second-order valence-electron chi connectivity index (χ2n) is 4.63. The number of thiophene rings is 1. The zero-order valence-electron chi connectivity index (χ0n) is 11.1. The van der Waals surface area contributed by atoms with E-state index in [9.17, 15) is 0 Å². The normalized spacial score (nSPS) is 10.2. The SMILES string of the molecule is S=C=NCCCCCCCCCCc1cccs1. The van der Waals surface area contributed by atoms with E-state index in [0.29, 0.717) is 0 Å². The fourth-order valence-corrected chi connectivity index (χ4v) is 2.89. The van der Waals surface area contributed by atoms with Crippen LogP contribution in [0.3, 0.4) is 0 Å². The summed E-state index contributed by atoms with van der Waals surface area (Å²) in [6, 6.07) is 4.39. The molecule has 100 valence electrons. The molecule has 0 amide bonds. The molecule has 1 rings (SSSR count). The molecule has 0 radical (unpaired) electrons. The van der Waals surface area contributed by atoms with Gasteiger partial charge in [0.15, 0.2) is 0 Å². The molecular weight excluding hydrogens is 258 g/mol. The molecule has 0 aliphatic carbocycles. The van der Waals surface area contributed by atoms with Crippen LogP contribution in [0.1, 0.15) is 56.2 Å². The van der Waals surface area contributed by atoms with Crippen LogP contribution < -0.4 is 0 Å². The molecule has 0 fully saturated rings. The van der Waals surface area contributed by atoms with Crippen LogP contribution in [0.4, 0.5) is 0 Å². The fraction of sp³-hybridized carbons (Fsp3) is 0.667. The largest absolute Gasteiger partial charge is 0.233 e. The molecule has 0 saturated heterocycles. The van der Waals surface area contributed by atoms with Crippen molar-refractivity contribution in [3.63, 3.8) is 0 Å². The first kappa shape index (κ1) is 15.6. The van der Waals surface area contributed by atoms with E-state index in [0.717, 1.165) is 6.54 Å². The number of rotatable bonds is 11. The predicted octanol–water partition coefficient (Wildman–Crippen LogP) is 5.51. The van der Waals surface area contributed by atoms with Gasteiger partial charge in [-0.05, 0) is 42.9 Å². The quantitative estimate of drug-likeness (QED) is 0.296. The highest BCUT2D eigenvalue weighted by atomic mass is 32.1. The Bertz CT molecular complexity index is 326. The van der Waals surface area contributed by atoms with E-state index >= 15 is 0 Å². The van der Waals surface area contributed by atoms with Gasteiger partial charge in [-0.25, -0.2) is 4.99 Å². The van der Waals surface area contributed by atoms with Crippen molar-refractivity contribution in [2.24, 2.45) is 4.99 Å². The van der Waals surface area contributed by atoms with Crippen molar-refractivity contribution in [1.29, 1.82) is 0 Å². The monoisotopic (exact) mass is 281 g/mol. The van der Waals surface area contributed by atoms with Gasteiger partial charge in [0.2, 0.25) is 0 Å². The molecule has 1 aromatic rings. The van der Waals surface area contributed by atoms with Crippen molar-refractivity contribution in [3.8, 4) is 0 Å². The number of aliphatic imine (C=N–C) groups is 1. The molecular formula is C15H23NS2. The van der Waals surface area contributed by atoms with Crippen LogP contribution >= 0.6 is 23.6 Å². The molecule has 18 heavy (non-hydrogen) atoms. The number of hydrogen-bond acceptors (Lipinski definition) is 3. The summed E-state index contributed by atoms with van der Waals surface area (Å²) >= 11 is 6.41. The number of aryl methyl sites for hydroxylation is 1. The Kier molecular flexibility index (Phi) is 10.0. The van der Waals surface area contributed by atoms with E-state index in [1.807, 2.05) is 11.3 Å². The standard InChI is InChI=1S/C15H23NS2/c17-14-16-12-8-6-4-2-1-3-5-7-10-15-11-9-13-18-15/h9,11,13H,1-8,10,12H2. The van der Waals surface area contributed by atoms with E-state index in [1.165, 1.54) is 62.7 Å². The van der Waals surface area contributed by atoms with E-state index in [-0.39, 0.29) is 0 Å². The number of nitrogens with zero attached hydrogens (tertiary/aromatic N) is 1. The Morgan fingerprint density at radius 2 is 1.67 bits per heavy atom. The highest BCUT2D eigenvalue weighted by molar-refractivity contribution is 7.78. The zero-order valence-corrected chi connectivity index (χ0v) is 12.7. The van der Waals surface area contributed by atoms with Gasteiger partial charge in [-0.15, -0.1) is 11.3 Å². The highest BCUT2D eigenvalue weighted by Crippen LogP contribution is 2.14. The minimum atomic E-state index is 0.865. The fourth-order valence-electron chi connectivity index (χ4n) is 2.05. The van der Waals surface area contributed by atoms with Crippen LogP contribution in [-0.2, 0) is 6.42 Å². The van der Waals surface area contributed by atoms with Gasteiger partial charge in [0.05, 0.1) is 5.16 Å². The summed E-state index contributed by atoms with van der Waals surface area (Å²) in [5, 5.41) is 4.58. The maximum Gasteiger partial charge on any atom is 0.0584 e. The van der Waals surface area contributed by atoms with Crippen molar-refractivity contribution < 1.29 is 0 Å². The lowest BCUT2D eigenvalue weighted by molar-refractivity contribution is 0.571. The van der Waals surface area contributed by atoms with Crippen molar-refractivity contribution in [2.75, 3.05) is 6.54 Å². The van der Waals surface area contributed by atoms with E-state index in [4.69, 9.17) is 0 Å². The van der Waals surface area contributed by atoms with Gasteiger partial charge in [0.25, 0.3) is 0 Å². The first-order chi connectivity index (χ1) is 8.93. The van der Waals surface area contributed by atoms with Crippen LogP contribution in [-0.4, -0.2) is 11.7 Å². The third kappa shape index (κ3) is 8.57. The second-order valence-corrected chi connectivity index (χ2v) is 5.85. The van der Waals surface area contributed by atoms with Gasteiger partial charge in [0.1, 0.15) is 0 Å². The molecule has 1 heterocycles. The Morgan fingerprint density at radius 3 is 2.28 bits per heavy atom. The Labute approximate surface area is 120 Å². The first-order valence-corrected chi connectivity index (χ1v) is 8.28. The molecule has 0 unspecified atom stereocenters. The molecule has 0 spiro atoms. The third-order valence-corrected chi connectivity index (χ3v) is 4.15. The zero-order chi connectivity index (χ0) is 12.9. The number of isothiocyanates is 1. The smallest absolute Gasteiger partial charge is 0.0584 e. The minimum Gasteiger partial charge on any atom is -0.233 e. The summed E-state index contributed by atoms with van der Waals surface area (Å²) in [5.74, 6) is 0. The molecule has 0 aliphatic heterocycles. The van der Waals surface area contributed by atoms with Crippen molar-refractivity contribution in [1.82, 2.24) is 0 Å². The van der Waals surface area contributed by atoms with Crippen LogP contribution in [0.15, 0.2) is 22.5 Å². The second kappa shape index (κ2) is 11.6. The first-order valence-electron chi connectivity index (χ1n) is 6.99. The lowest BCUT2D eigenvalue weighted by atomic mass is 10.1. The minimum absolute atomic E-state index is 0.865. The molecule has 1 nitrogen and oxygen atoms in total. The van der Waals surface area contributed by atoms with Crippen LogP contribution in [0.5, 0.6) is 0 Å². The lowest BCUT2D eigenvalue weighted by Crippen LogP contribution is -1.85. The third-order valence-electron chi connectivity index (χ3n) is 3.09. The van der Waals surface area contributed by atoms with Crippen molar-refractivity contribution in [3.05, 3.63) is 22.4 Å². The van der Waals surface area contributed by atoms with E-state index in [2.05, 4.69) is 39.9 Å². The van der Waals surface area contributed by atoms with Gasteiger partial charge in [-0.3, -0.25) is 0 Å². The highest BCUT2D eigenvalue weighted by Gasteiger charge is 1.95. The molecule has 0 atom stereocenters. The van der Waals surface area contributed by atoms with Crippen LogP contribution in [0, 0.1) is 0 Å². The van der Waals surface area contributed by atoms with Gasteiger partial charge < -0.3 is 0 Å². The molecule has 0 N–H and O–H groups in total. The average Bonchev–Trinajstić information content (AvgIpc) is 2.89. The molecule has 0 bridgehead atoms. The number of thiocarbonyl (C=S) groups is 1. The van der Waals surface area contributed by atoms with Gasteiger partial charge in [-0.2, -0.15) is 0 Å². The molecule has 1 aromatic heterocycles. The molecule has 0 aliphatic rings. The summed E-state index contributed by atoms with van der Waals surface area (Å²) in [4.78, 5) is 5.46. The van der Waals surface area contributed by atoms with E-state index < -0.39 is 0 Å². The predicted molar refractivity (Wildman–Crippen MR) is 84.9 cm³/mol. The summed E-state index contributed by atoms with van der Waals surface area (Å²) < 4.78 is 0. The van der Waals surface area contributed by atoms with Crippen LogP contribution in [0.2, 0.25) is 0 Å². The van der Waals surface area contributed by atoms with Crippen molar-refractivity contribution >= 4 is 28.7 Å². The van der Waals surface area contributed by atoms with Crippen LogP contribution in [0.25, 0.3) is 0 Å². The molecule has 3 heteroatoms. The molecule has 0 aromatic carbocycles. The Hall–Kier alpha value is -0.500. The maximum absolute atomic E-state index is 4.53. The Morgan fingerprint density at radius 1 is 1.00 bits per heavy atom. The summed E-state index contributed by atoms with van der Waals surface area (Å²) in [7, 11) is 0. The molecule has 0 saturated carbocycles. The Balaban J connectivity index is 1.77. The maximum atomic E-state index is 4.53. The van der Waals surface area contributed by atoms with Crippen molar-refractivity contribution in [2.45, 2.75) is 57.8 Å². The van der Waals surface area contributed by atoms with E-state index in [1.54, 1.807) is 0 Å². The summed E-state index contributed by atoms with van der Waals surface area (Å²) in [5.41, 5.74) is 0. The van der Waals surface area contributed by atoms with Gasteiger partial charge in [-0.1, -0.05) is 44.6 Å². The topological polar surface area (TPSA) is 12.4 Å². The number of hydrogen-bond donors (Lipinski definition) is 0. The summed E-state index contributed by atoms with van der Waals surface area (Å²) in [6.07, 6.45) is 12.0. The van der Waals surface area contributed by atoms with Gasteiger partial charge >= 0.3 is 0 Å². The average molecular weight is 281 g/mol.